The molecule has 0 saturated carbocycles. The van der Waals surface area contributed by atoms with Crippen LogP contribution in [0.3, 0.4) is 0 Å². The number of nitrogens with one attached hydrogen (secondary N) is 1. The second-order valence-electron chi connectivity index (χ2n) is 7.52. The van der Waals surface area contributed by atoms with Crippen molar-refractivity contribution < 1.29 is 22.5 Å². The number of hydrogen-bond donors (Lipinski definition) is 1. The molecule has 1 atom stereocenters. The molecule has 32 heavy (non-hydrogen) atoms. The van der Waals surface area contributed by atoms with Crippen LogP contribution in [0.1, 0.15) is 24.3 Å². The maximum absolute atomic E-state index is 13.2. The number of aryl methyl sites for hydroxylation is 1. The molecule has 1 aliphatic heterocycles. The summed E-state index contributed by atoms with van der Waals surface area (Å²) < 4.78 is 38.3. The lowest BCUT2D eigenvalue weighted by Gasteiger charge is -2.30. The zero-order chi connectivity index (χ0) is 22.7. The Bertz CT molecular complexity index is 1200. The third-order valence-corrected chi connectivity index (χ3v) is 8.64. The molecule has 1 N–H and O–H groups in total. The second kappa shape index (κ2) is 9.39. The van der Waals surface area contributed by atoms with Crippen molar-refractivity contribution in [1.29, 1.82) is 0 Å². The Kier molecular flexibility index (Phi) is 6.58. The van der Waals surface area contributed by atoms with Gasteiger partial charge in [0.05, 0.1) is 13.0 Å². The van der Waals surface area contributed by atoms with Gasteiger partial charge in [0, 0.05) is 43.1 Å². The Labute approximate surface area is 190 Å². The number of thiophene rings is 1. The lowest BCUT2D eigenvalue weighted by molar-refractivity contribution is -0.126. The molecule has 170 valence electrons. The second-order valence-corrected chi connectivity index (χ2v) is 10.6. The first kappa shape index (κ1) is 22.4. The van der Waals surface area contributed by atoms with Gasteiger partial charge >= 0.3 is 0 Å². The molecule has 1 aromatic carbocycles. The standard InChI is InChI=1S/C21H24N4O5S2/c1-14-23-20(24-30-14)17-10-19(31-13-17)32(27,28)25-9-5-7-16(12-25)21(26)22-11-15-6-3-4-8-18(15)29-2/h3-4,6,8,10,13,16H,5,7,9,11-12H2,1-2H3,(H,22,26). The van der Waals surface area contributed by atoms with E-state index in [2.05, 4.69) is 15.5 Å². The number of carbonyl (C=O) groups is 1. The van der Waals surface area contributed by atoms with Gasteiger partial charge in [0.2, 0.25) is 17.6 Å². The van der Waals surface area contributed by atoms with E-state index in [0.29, 0.717) is 49.0 Å². The van der Waals surface area contributed by atoms with E-state index >= 15 is 0 Å². The summed E-state index contributed by atoms with van der Waals surface area (Å²) in [6, 6.07) is 9.02. The first-order valence-corrected chi connectivity index (χ1v) is 12.5. The molecule has 1 saturated heterocycles. The molecule has 4 rings (SSSR count). The highest BCUT2D eigenvalue weighted by Gasteiger charge is 2.34. The third kappa shape index (κ3) is 4.69. The maximum atomic E-state index is 13.2. The molecule has 0 radical (unpaired) electrons. The highest BCUT2D eigenvalue weighted by molar-refractivity contribution is 7.91. The van der Waals surface area contributed by atoms with Crippen LogP contribution in [-0.2, 0) is 21.4 Å². The van der Waals surface area contributed by atoms with Gasteiger partial charge in [-0.2, -0.15) is 9.29 Å². The van der Waals surface area contributed by atoms with Gasteiger partial charge in [0.15, 0.2) is 0 Å². The van der Waals surface area contributed by atoms with Crippen molar-refractivity contribution in [2.75, 3.05) is 20.2 Å². The van der Waals surface area contributed by atoms with E-state index in [4.69, 9.17) is 9.26 Å². The third-order valence-electron chi connectivity index (χ3n) is 5.36. The van der Waals surface area contributed by atoms with E-state index in [1.54, 1.807) is 25.5 Å². The summed E-state index contributed by atoms with van der Waals surface area (Å²) in [5, 5.41) is 8.45. The molecule has 0 spiro atoms. The smallest absolute Gasteiger partial charge is 0.252 e. The highest BCUT2D eigenvalue weighted by atomic mass is 32.2. The number of benzene rings is 1. The van der Waals surface area contributed by atoms with Crippen LogP contribution < -0.4 is 10.1 Å². The zero-order valence-electron chi connectivity index (χ0n) is 17.8. The predicted molar refractivity (Wildman–Crippen MR) is 119 cm³/mol. The summed E-state index contributed by atoms with van der Waals surface area (Å²) in [7, 11) is -2.14. The van der Waals surface area contributed by atoms with E-state index in [0.717, 1.165) is 16.9 Å². The number of piperidine rings is 1. The van der Waals surface area contributed by atoms with Gasteiger partial charge in [-0.1, -0.05) is 23.4 Å². The van der Waals surface area contributed by atoms with Crippen LogP contribution in [0, 0.1) is 12.8 Å². The van der Waals surface area contributed by atoms with Gasteiger partial charge in [0.25, 0.3) is 10.0 Å². The molecule has 1 amide bonds. The van der Waals surface area contributed by atoms with Crippen LogP contribution in [0.2, 0.25) is 0 Å². The fourth-order valence-electron chi connectivity index (χ4n) is 3.66. The average molecular weight is 477 g/mol. The number of rotatable bonds is 7. The number of methoxy groups -OCH3 is 1. The lowest BCUT2D eigenvalue weighted by Crippen LogP contribution is -2.45. The number of nitrogens with zero attached hydrogens (tertiary/aromatic N) is 3. The van der Waals surface area contributed by atoms with E-state index < -0.39 is 15.9 Å². The minimum Gasteiger partial charge on any atom is -0.496 e. The summed E-state index contributed by atoms with van der Waals surface area (Å²) >= 11 is 1.11. The van der Waals surface area contributed by atoms with Crippen LogP contribution in [0.15, 0.2) is 44.4 Å². The largest absolute Gasteiger partial charge is 0.496 e. The van der Waals surface area contributed by atoms with Crippen LogP contribution in [-0.4, -0.2) is 49.0 Å². The van der Waals surface area contributed by atoms with Crippen molar-refractivity contribution >= 4 is 27.3 Å². The molecule has 3 aromatic rings. The van der Waals surface area contributed by atoms with Crippen molar-refractivity contribution in [3.8, 4) is 17.1 Å². The summed E-state index contributed by atoms with van der Waals surface area (Å²) in [5.74, 6) is 0.893. The Balaban J connectivity index is 1.42. The first-order valence-electron chi connectivity index (χ1n) is 10.2. The Hall–Kier alpha value is -2.76. The molecular formula is C21H24N4O5S2. The number of aromatic nitrogens is 2. The molecule has 1 fully saturated rings. The topological polar surface area (TPSA) is 115 Å². The fourth-order valence-corrected chi connectivity index (χ4v) is 6.50. The van der Waals surface area contributed by atoms with E-state index in [1.807, 2.05) is 24.3 Å². The van der Waals surface area contributed by atoms with E-state index in [9.17, 15) is 13.2 Å². The Morgan fingerprint density at radius 1 is 1.38 bits per heavy atom. The first-order chi connectivity index (χ1) is 15.4. The van der Waals surface area contributed by atoms with Gasteiger partial charge in [0.1, 0.15) is 9.96 Å². The van der Waals surface area contributed by atoms with Gasteiger partial charge < -0.3 is 14.6 Å². The van der Waals surface area contributed by atoms with Crippen LogP contribution in [0.5, 0.6) is 5.75 Å². The highest BCUT2D eigenvalue weighted by Crippen LogP contribution is 2.31. The van der Waals surface area contributed by atoms with E-state index in [-0.39, 0.29) is 16.7 Å². The predicted octanol–water partition coefficient (Wildman–Crippen LogP) is 2.83. The van der Waals surface area contributed by atoms with Crippen LogP contribution in [0.25, 0.3) is 11.4 Å². The molecule has 3 heterocycles. The van der Waals surface area contributed by atoms with Crippen molar-refractivity contribution in [1.82, 2.24) is 19.8 Å². The summed E-state index contributed by atoms with van der Waals surface area (Å²) in [5.41, 5.74) is 1.46. The molecule has 0 bridgehead atoms. The monoisotopic (exact) mass is 476 g/mol. The lowest BCUT2D eigenvalue weighted by atomic mass is 9.98. The Morgan fingerprint density at radius 2 is 2.19 bits per heavy atom. The quantitative estimate of drug-likeness (QED) is 0.558. The summed E-state index contributed by atoms with van der Waals surface area (Å²) in [6.07, 6.45) is 1.26. The zero-order valence-corrected chi connectivity index (χ0v) is 19.4. The summed E-state index contributed by atoms with van der Waals surface area (Å²) in [6.45, 7) is 2.53. The van der Waals surface area contributed by atoms with Gasteiger partial charge in [-0.25, -0.2) is 8.42 Å². The van der Waals surface area contributed by atoms with Crippen molar-refractivity contribution in [2.24, 2.45) is 5.92 Å². The molecule has 0 aliphatic carbocycles. The molecule has 2 aromatic heterocycles. The average Bonchev–Trinajstić information content (AvgIpc) is 3.47. The van der Waals surface area contributed by atoms with Crippen molar-refractivity contribution in [3.05, 3.63) is 47.2 Å². The van der Waals surface area contributed by atoms with Crippen LogP contribution in [0.4, 0.5) is 0 Å². The number of hydrogen-bond acceptors (Lipinski definition) is 8. The number of ether oxygens (including phenoxy) is 1. The van der Waals surface area contributed by atoms with Gasteiger partial charge in [-0.3, -0.25) is 4.79 Å². The minimum absolute atomic E-state index is 0.147. The van der Waals surface area contributed by atoms with Gasteiger partial charge in [-0.05, 0) is 25.0 Å². The fraction of sp³-hybridized carbons (Fsp3) is 0.381. The van der Waals surface area contributed by atoms with E-state index in [1.165, 1.54) is 4.31 Å². The SMILES string of the molecule is COc1ccccc1CNC(=O)C1CCCN(S(=O)(=O)c2cc(-c3noc(C)n3)cs2)C1. The molecular weight excluding hydrogens is 452 g/mol. The summed E-state index contributed by atoms with van der Waals surface area (Å²) in [4.78, 5) is 16.9. The van der Waals surface area contributed by atoms with Gasteiger partial charge in [-0.15, -0.1) is 11.3 Å². The Morgan fingerprint density at radius 3 is 2.94 bits per heavy atom. The number of sulfonamides is 1. The maximum Gasteiger partial charge on any atom is 0.252 e. The molecule has 1 aliphatic rings. The minimum atomic E-state index is -3.72. The number of amides is 1. The normalized spacial score (nSPS) is 17.2. The number of para-hydroxylation sites is 1. The van der Waals surface area contributed by atoms with Crippen molar-refractivity contribution in [2.45, 2.75) is 30.5 Å². The van der Waals surface area contributed by atoms with Crippen molar-refractivity contribution in [3.63, 3.8) is 0 Å². The molecule has 9 nitrogen and oxygen atoms in total. The number of carbonyl (C=O) groups excluding carboxylic acids is 1. The van der Waals surface area contributed by atoms with Crippen LogP contribution >= 0.6 is 11.3 Å². The molecule has 11 heteroatoms. The molecule has 1 unspecified atom stereocenters.